The number of nitro groups is 1. The molecule has 94 valence electrons. The summed E-state index contributed by atoms with van der Waals surface area (Å²) in [4.78, 5) is 18.6. The largest absolute Gasteiger partial charge is 0.338 e. The molecule has 0 bridgehead atoms. The van der Waals surface area contributed by atoms with Gasteiger partial charge in [-0.2, -0.15) is 0 Å². The van der Waals surface area contributed by atoms with E-state index in [4.69, 9.17) is 0 Å². The molecule has 0 aliphatic carbocycles. The lowest BCUT2D eigenvalue weighted by atomic mass is 10.3. The van der Waals surface area contributed by atoms with Gasteiger partial charge in [0.05, 0.1) is 16.0 Å². The van der Waals surface area contributed by atoms with Gasteiger partial charge in [-0.25, -0.2) is 4.98 Å². The van der Waals surface area contributed by atoms with Crippen LogP contribution in [0.2, 0.25) is 0 Å². The predicted octanol–water partition coefficient (Wildman–Crippen LogP) is 3.70. The Balaban J connectivity index is 1.86. The summed E-state index contributed by atoms with van der Waals surface area (Å²) in [5, 5.41) is 10.7. The molecule has 6 heteroatoms. The van der Waals surface area contributed by atoms with E-state index in [1.807, 2.05) is 36.4 Å². The molecule has 1 aromatic carbocycles. The molecule has 3 rings (SSSR count). The van der Waals surface area contributed by atoms with Crippen molar-refractivity contribution in [2.75, 3.05) is 0 Å². The summed E-state index contributed by atoms with van der Waals surface area (Å²) < 4.78 is 0. The number of rotatable bonds is 3. The van der Waals surface area contributed by atoms with Crippen molar-refractivity contribution in [3.63, 3.8) is 0 Å². The summed E-state index contributed by atoms with van der Waals surface area (Å²) in [5.41, 5.74) is 1.87. The number of hydrogen-bond donors (Lipinski definition) is 1. The van der Waals surface area contributed by atoms with E-state index in [2.05, 4.69) is 9.97 Å². The van der Waals surface area contributed by atoms with Crippen LogP contribution in [0.4, 0.5) is 5.00 Å². The third-order valence-electron chi connectivity index (χ3n) is 2.61. The normalized spacial score (nSPS) is 11.4. The van der Waals surface area contributed by atoms with Crippen LogP contribution in [0.3, 0.4) is 0 Å². The van der Waals surface area contributed by atoms with Crippen molar-refractivity contribution in [3.8, 4) is 0 Å². The number of aromatic nitrogens is 2. The standard InChI is InChI=1S/C13H9N3O2S/c17-16(18)13-8-6-9(19-13)5-7-12-14-10-3-1-2-4-11(10)15-12/h1-8H,(H,14,15)/b7-5+. The van der Waals surface area contributed by atoms with Gasteiger partial charge in [-0.15, -0.1) is 0 Å². The Morgan fingerprint density at radius 2 is 2.05 bits per heavy atom. The summed E-state index contributed by atoms with van der Waals surface area (Å²) in [6.07, 6.45) is 3.63. The first-order valence-corrected chi connectivity index (χ1v) is 6.41. The van der Waals surface area contributed by atoms with E-state index in [1.54, 1.807) is 6.07 Å². The maximum Gasteiger partial charge on any atom is 0.324 e. The van der Waals surface area contributed by atoms with Crippen LogP contribution in [0.25, 0.3) is 23.2 Å². The van der Waals surface area contributed by atoms with Gasteiger partial charge in [0.15, 0.2) is 0 Å². The Bertz CT molecular complexity index is 740. The van der Waals surface area contributed by atoms with Crippen LogP contribution in [0.15, 0.2) is 36.4 Å². The molecule has 3 aromatic rings. The molecular weight excluding hydrogens is 262 g/mol. The molecule has 2 aromatic heterocycles. The van der Waals surface area contributed by atoms with Crippen LogP contribution in [0.1, 0.15) is 10.7 Å². The van der Waals surface area contributed by atoms with Crippen LogP contribution >= 0.6 is 11.3 Å². The van der Waals surface area contributed by atoms with Gasteiger partial charge < -0.3 is 4.98 Å². The van der Waals surface area contributed by atoms with E-state index in [0.29, 0.717) is 0 Å². The Labute approximate surface area is 112 Å². The molecular formula is C13H9N3O2S. The van der Waals surface area contributed by atoms with Crippen LogP contribution in [0.5, 0.6) is 0 Å². The van der Waals surface area contributed by atoms with Gasteiger partial charge in [0.1, 0.15) is 5.82 Å². The lowest BCUT2D eigenvalue weighted by Gasteiger charge is -1.83. The third-order valence-corrected chi connectivity index (χ3v) is 3.61. The van der Waals surface area contributed by atoms with Crippen molar-refractivity contribution in [1.29, 1.82) is 0 Å². The van der Waals surface area contributed by atoms with Crippen LogP contribution < -0.4 is 0 Å². The van der Waals surface area contributed by atoms with Crippen molar-refractivity contribution in [1.82, 2.24) is 9.97 Å². The molecule has 0 fully saturated rings. The van der Waals surface area contributed by atoms with Gasteiger partial charge in [-0.1, -0.05) is 23.5 Å². The van der Waals surface area contributed by atoms with Crippen LogP contribution in [-0.2, 0) is 0 Å². The smallest absolute Gasteiger partial charge is 0.324 e. The average Bonchev–Trinajstić information content (AvgIpc) is 3.02. The van der Waals surface area contributed by atoms with Crippen molar-refractivity contribution < 1.29 is 4.92 Å². The highest BCUT2D eigenvalue weighted by Crippen LogP contribution is 2.25. The summed E-state index contributed by atoms with van der Waals surface area (Å²) in [7, 11) is 0. The molecule has 0 amide bonds. The minimum absolute atomic E-state index is 0.143. The fourth-order valence-electron chi connectivity index (χ4n) is 1.74. The van der Waals surface area contributed by atoms with Gasteiger partial charge in [-0.3, -0.25) is 10.1 Å². The van der Waals surface area contributed by atoms with Crippen molar-refractivity contribution >= 4 is 39.5 Å². The number of imidazole rings is 1. The lowest BCUT2D eigenvalue weighted by molar-refractivity contribution is -0.380. The number of benzene rings is 1. The number of nitrogens with zero attached hydrogens (tertiary/aromatic N) is 2. The molecule has 2 heterocycles. The van der Waals surface area contributed by atoms with Gasteiger partial charge in [-0.05, 0) is 30.4 Å². The zero-order valence-corrected chi connectivity index (χ0v) is 10.6. The van der Waals surface area contributed by atoms with Crippen LogP contribution in [0, 0.1) is 10.1 Å². The predicted molar refractivity (Wildman–Crippen MR) is 76.0 cm³/mol. The van der Waals surface area contributed by atoms with Gasteiger partial charge >= 0.3 is 5.00 Å². The SMILES string of the molecule is O=[N+]([O-])c1ccc(/C=C/c2nc3ccccc3[nH]2)s1. The molecule has 0 unspecified atom stereocenters. The minimum atomic E-state index is -0.386. The second-order valence-electron chi connectivity index (χ2n) is 3.91. The van der Waals surface area contributed by atoms with Crippen molar-refractivity contribution in [3.05, 3.63) is 57.2 Å². The fraction of sp³-hybridized carbons (Fsp3) is 0. The molecule has 0 atom stereocenters. The Hall–Kier alpha value is -2.47. The van der Waals surface area contributed by atoms with E-state index < -0.39 is 0 Å². The summed E-state index contributed by atoms with van der Waals surface area (Å²) in [6.45, 7) is 0. The molecule has 0 aliphatic rings. The van der Waals surface area contributed by atoms with Crippen LogP contribution in [-0.4, -0.2) is 14.9 Å². The summed E-state index contributed by atoms with van der Waals surface area (Å²) >= 11 is 1.14. The monoisotopic (exact) mass is 271 g/mol. The number of aromatic amines is 1. The zero-order chi connectivity index (χ0) is 13.2. The second-order valence-corrected chi connectivity index (χ2v) is 5.00. The Morgan fingerprint density at radius 3 is 2.79 bits per heavy atom. The van der Waals surface area contributed by atoms with Gasteiger partial charge in [0.2, 0.25) is 0 Å². The highest BCUT2D eigenvalue weighted by Gasteiger charge is 2.07. The van der Waals surface area contributed by atoms with Gasteiger partial charge in [0.25, 0.3) is 0 Å². The maximum atomic E-state index is 10.6. The van der Waals surface area contributed by atoms with E-state index in [9.17, 15) is 10.1 Å². The lowest BCUT2D eigenvalue weighted by Crippen LogP contribution is -1.80. The van der Waals surface area contributed by atoms with E-state index >= 15 is 0 Å². The van der Waals surface area contributed by atoms with E-state index in [0.717, 1.165) is 33.1 Å². The average molecular weight is 271 g/mol. The first-order valence-electron chi connectivity index (χ1n) is 5.59. The number of thiophene rings is 1. The minimum Gasteiger partial charge on any atom is -0.338 e. The first-order chi connectivity index (χ1) is 9.22. The molecule has 0 spiro atoms. The molecule has 1 N–H and O–H groups in total. The molecule has 0 radical (unpaired) electrons. The maximum absolute atomic E-state index is 10.6. The number of H-pyrrole nitrogens is 1. The molecule has 0 saturated carbocycles. The number of hydrogen-bond acceptors (Lipinski definition) is 4. The third kappa shape index (κ3) is 2.38. The highest BCUT2D eigenvalue weighted by molar-refractivity contribution is 7.16. The Kier molecular flexibility index (Phi) is 2.85. The molecule has 5 nitrogen and oxygen atoms in total. The number of para-hydroxylation sites is 2. The number of nitrogens with one attached hydrogen (secondary N) is 1. The van der Waals surface area contributed by atoms with E-state index in [-0.39, 0.29) is 9.92 Å². The fourth-order valence-corrected chi connectivity index (χ4v) is 2.47. The summed E-state index contributed by atoms with van der Waals surface area (Å²) in [5.74, 6) is 0.734. The van der Waals surface area contributed by atoms with Crippen molar-refractivity contribution in [2.45, 2.75) is 0 Å². The second kappa shape index (κ2) is 4.66. The zero-order valence-electron chi connectivity index (χ0n) is 9.74. The first kappa shape index (κ1) is 11.6. The molecule has 19 heavy (non-hydrogen) atoms. The highest BCUT2D eigenvalue weighted by atomic mass is 32.1. The topological polar surface area (TPSA) is 71.8 Å². The number of fused-ring (bicyclic) bond motifs is 1. The molecule has 0 aliphatic heterocycles. The van der Waals surface area contributed by atoms with Gasteiger partial charge in [0, 0.05) is 10.9 Å². The molecule has 0 saturated heterocycles. The van der Waals surface area contributed by atoms with Crippen molar-refractivity contribution in [2.24, 2.45) is 0 Å². The Morgan fingerprint density at radius 1 is 1.21 bits per heavy atom. The summed E-state index contributed by atoms with van der Waals surface area (Å²) in [6, 6.07) is 11.0. The quantitative estimate of drug-likeness (QED) is 0.583. The van der Waals surface area contributed by atoms with E-state index in [1.165, 1.54) is 6.07 Å².